The van der Waals surface area contributed by atoms with Gasteiger partial charge in [-0.3, -0.25) is 4.79 Å². The molecule has 0 radical (unpaired) electrons. The van der Waals surface area contributed by atoms with Crippen molar-refractivity contribution < 1.29 is 4.79 Å². The Balaban J connectivity index is 2.48. The van der Waals surface area contributed by atoms with Gasteiger partial charge in [0.25, 0.3) is 0 Å². The summed E-state index contributed by atoms with van der Waals surface area (Å²) in [6, 6.07) is 3.67. The molecule has 0 aliphatic heterocycles. The molecule has 0 saturated carbocycles. The van der Waals surface area contributed by atoms with Gasteiger partial charge in [0, 0.05) is 12.6 Å². The van der Waals surface area contributed by atoms with E-state index < -0.39 is 0 Å². The van der Waals surface area contributed by atoms with Crippen LogP contribution in [-0.2, 0) is 4.79 Å². The predicted molar refractivity (Wildman–Crippen MR) is 64.6 cm³/mol. The van der Waals surface area contributed by atoms with Crippen molar-refractivity contribution in [1.82, 2.24) is 4.98 Å². The van der Waals surface area contributed by atoms with Crippen molar-refractivity contribution in [2.75, 3.05) is 5.32 Å². The molecule has 15 heavy (non-hydrogen) atoms. The highest BCUT2D eigenvalue weighted by atomic mass is 79.9. The summed E-state index contributed by atoms with van der Waals surface area (Å²) in [5.41, 5.74) is 0. The number of nitrogens with zero attached hydrogens (tertiary/aromatic N) is 1. The molecule has 0 aliphatic rings. The van der Waals surface area contributed by atoms with E-state index in [-0.39, 0.29) is 5.91 Å². The van der Waals surface area contributed by atoms with Crippen LogP contribution in [0.25, 0.3) is 0 Å². The van der Waals surface area contributed by atoms with Gasteiger partial charge in [0.2, 0.25) is 5.91 Å². The number of rotatable bonds is 4. The maximum Gasteiger partial charge on any atom is 0.225 e. The molecule has 1 rings (SSSR count). The van der Waals surface area contributed by atoms with Crippen LogP contribution in [0.1, 0.15) is 26.7 Å². The van der Waals surface area contributed by atoms with Crippen molar-refractivity contribution in [3.63, 3.8) is 0 Å². The number of amides is 1. The van der Waals surface area contributed by atoms with E-state index in [0.29, 0.717) is 18.2 Å². The fourth-order valence-corrected chi connectivity index (χ4v) is 1.45. The number of halogens is 1. The monoisotopic (exact) mass is 270 g/mol. The Morgan fingerprint density at radius 1 is 1.60 bits per heavy atom. The lowest BCUT2D eigenvalue weighted by Gasteiger charge is -2.07. The summed E-state index contributed by atoms with van der Waals surface area (Å²) in [7, 11) is 0. The molecule has 1 N–H and O–H groups in total. The number of hydrogen-bond acceptors (Lipinski definition) is 2. The van der Waals surface area contributed by atoms with Gasteiger partial charge in [-0.05, 0) is 40.4 Å². The number of carbonyl (C=O) groups excluding carboxylic acids is 1. The zero-order valence-corrected chi connectivity index (χ0v) is 10.5. The van der Waals surface area contributed by atoms with E-state index >= 15 is 0 Å². The second-order valence-electron chi connectivity index (χ2n) is 3.81. The van der Waals surface area contributed by atoms with Crippen LogP contribution < -0.4 is 5.32 Å². The molecule has 3 nitrogen and oxygen atoms in total. The molecule has 0 fully saturated rings. The van der Waals surface area contributed by atoms with Crippen LogP contribution in [0.5, 0.6) is 0 Å². The Bertz CT molecular complexity index is 339. The number of aromatic nitrogens is 1. The van der Waals surface area contributed by atoms with E-state index in [1.54, 1.807) is 6.20 Å². The fraction of sp³-hybridized carbons (Fsp3) is 0.455. The van der Waals surface area contributed by atoms with Crippen LogP contribution in [0.2, 0.25) is 0 Å². The van der Waals surface area contributed by atoms with Crippen molar-refractivity contribution in [2.45, 2.75) is 26.7 Å². The standard InChI is InChI=1S/C11H15BrN2O/c1-8(2)5-6-10(15)14-11-9(12)4-3-7-13-11/h3-4,7-8H,5-6H2,1-2H3,(H,13,14,15). The molecule has 0 aliphatic carbocycles. The SMILES string of the molecule is CC(C)CCC(=O)Nc1ncccc1Br. The van der Waals surface area contributed by atoms with Gasteiger partial charge < -0.3 is 5.32 Å². The molecule has 0 aromatic carbocycles. The number of pyridine rings is 1. The summed E-state index contributed by atoms with van der Waals surface area (Å²) < 4.78 is 0.808. The maximum absolute atomic E-state index is 11.5. The van der Waals surface area contributed by atoms with E-state index in [0.717, 1.165) is 10.9 Å². The summed E-state index contributed by atoms with van der Waals surface area (Å²) >= 11 is 3.33. The van der Waals surface area contributed by atoms with E-state index in [2.05, 4.69) is 40.1 Å². The average molecular weight is 271 g/mol. The van der Waals surface area contributed by atoms with Crippen molar-refractivity contribution in [1.29, 1.82) is 0 Å². The first-order chi connectivity index (χ1) is 7.09. The average Bonchev–Trinajstić information content (AvgIpc) is 2.18. The Morgan fingerprint density at radius 3 is 2.93 bits per heavy atom. The number of nitrogens with one attached hydrogen (secondary N) is 1. The van der Waals surface area contributed by atoms with E-state index in [1.807, 2.05) is 12.1 Å². The third-order valence-electron chi connectivity index (χ3n) is 1.97. The molecule has 0 saturated heterocycles. The van der Waals surface area contributed by atoms with Crippen LogP contribution in [0.3, 0.4) is 0 Å². The lowest BCUT2D eigenvalue weighted by molar-refractivity contribution is -0.116. The van der Waals surface area contributed by atoms with Crippen molar-refractivity contribution in [3.8, 4) is 0 Å². The van der Waals surface area contributed by atoms with E-state index in [4.69, 9.17) is 0 Å². The quantitative estimate of drug-likeness (QED) is 0.913. The number of carbonyl (C=O) groups is 1. The van der Waals surface area contributed by atoms with Gasteiger partial charge in [-0.15, -0.1) is 0 Å². The minimum atomic E-state index is 0.0168. The smallest absolute Gasteiger partial charge is 0.225 e. The van der Waals surface area contributed by atoms with E-state index in [9.17, 15) is 4.79 Å². The van der Waals surface area contributed by atoms with Crippen molar-refractivity contribution >= 4 is 27.7 Å². The summed E-state index contributed by atoms with van der Waals surface area (Å²) in [4.78, 5) is 15.6. The molecule has 1 heterocycles. The fourth-order valence-electron chi connectivity index (χ4n) is 1.09. The predicted octanol–water partition coefficient (Wildman–Crippen LogP) is 3.22. The highest BCUT2D eigenvalue weighted by Gasteiger charge is 2.06. The summed E-state index contributed by atoms with van der Waals surface area (Å²) in [6.45, 7) is 4.20. The highest BCUT2D eigenvalue weighted by molar-refractivity contribution is 9.10. The Morgan fingerprint density at radius 2 is 2.33 bits per heavy atom. The molecule has 1 amide bonds. The van der Waals surface area contributed by atoms with Gasteiger partial charge in [-0.1, -0.05) is 13.8 Å². The minimum absolute atomic E-state index is 0.0168. The van der Waals surface area contributed by atoms with Crippen LogP contribution in [-0.4, -0.2) is 10.9 Å². The van der Waals surface area contributed by atoms with Gasteiger partial charge in [0.15, 0.2) is 0 Å². The second-order valence-corrected chi connectivity index (χ2v) is 4.67. The molecule has 1 aromatic heterocycles. The lowest BCUT2D eigenvalue weighted by atomic mass is 10.1. The van der Waals surface area contributed by atoms with Crippen molar-refractivity contribution in [2.24, 2.45) is 5.92 Å². The molecule has 0 bridgehead atoms. The maximum atomic E-state index is 11.5. The lowest BCUT2D eigenvalue weighted by Crippen LogP contribution is -2.13. The van der Waals surface area contributed by atoms with Crippen LogP contribution in [0.4, 0.5) is 5.82 Å². The minimum Gasteiger partial charge on any atom is -0.310 e. The van der Waals surface area contributed by atoms with Crippen LogP contribution in [0.15, 0.2) is 22.8 Å². The molecule has 0 spiro atoms. The van der Waals surface area contributed by atoms with Crippen LogP contribution >= 0.6 is 15.9 Å². The first-order valence-corrected chi connectivity index (χ1v) is 5.79. The summed E-state index contributed by atoms with van der Waals surface area (Å²) in [5.74, 6) is 1.15. The zero-order chi connectivity index (χ0) is 11.3. The van der Waals surface area contributed by atoms with Gasteiger partial charge in [0.05, 0.1) is 4.47 Å². The first kappa shape index (κ1) is 12.2. The highest BCUT2D eigenvalue weighted by Crippen LogP contribution is 2.18. The first-order valence-electron chi connectivity index (χ1n) is 5.00. The summed E-state index contributed by atoms with van der Waals surface area (Å²) in [6.07, 6.45) is 3.10. The molecule has 4 heteroatoms. The molecule has 0 unspecified atom stereocenters. The molecule has 1 aromatic rings. The van der Waals surface area contributed by atoms with Crippen LogP contribution in [0, 0.1) is 5.92 Å². The molecule has 0 atom stereocenters. The van der Waals surface area contributed by atoms with Gasteiger partial charge >= 0.3 is 0 Å². The third-order valence-corrected chi connectivity index (χ3v) is 2.60. The summed E-state index contributed by atoms with van der Waals surface area (Å²) in [5, 5.41) is 2.77. The topological polar surface area (TPSA) is 42.0 Å². The third kappa shape index (κ3) is 4.42. The second kappa shape index (κ2) is 5.85. The Hall–Kier alpha value is -0.900. The van der Waals surface area contributed by atoms with Gasteiger partial charge in [-0.25, -0.2) is 4.98 Å². The number of hydrogen-bond donors (Lipinski definition) is 1. The normalized spacial score (nSPS) is 10.4. The Labute approximate surface area is 98.4 Å². The molecular formula is C11H15BrN2O. The van der Waals surface area contributed by atoms with Gasteiger partial charge in [0.1, 0.15) is 5.82 Å². The number of anilines is 1. The molecule has 82 valence electrons. The Kier molecular flexibility index (Phi) is 4.75. The molecular weight excluding hydrogens is 256 g/mol. The van der Waals surface area contributed by atoms with Gasteiger partial charge in [-0.2, -0.15) is 0 Å². The largest absolute Gasteiger partial charge is 0.310 e. The zero-order valence-electron chi connectivity index (χ0n) is 8.96. The van der Waals surface area contributed by atoms with Crippen molar-refractivity contribution in [3.05, 3.63) is 22.8 Å². The van der Waals surface area contributed by atoms with E-state index in [1.165, 1.54) is 0 Å².